The number of halogens is 5. The van der Waals surface area contributed by atoms with E-state index in [0.717, 1.165) is 19.3 Å². The van der Waals surface area contributed by atoms with Crippen LogP contribution in [-0.4, -0.2) is 43.7 Å². The minimum absolute atomic E-state index is 0.0597. The second-order valence-corrected chi connectivity index (χ2v) is 11.5. The van der Waals surface area contributed by atoms with Gasteiger partial charge in [0, 0.05) is 19.3 Å². The highest BCUT2D eigenvalue weighted by atomic mass is 19.4. The molecule has 0 radical (unpaired) electrons. The molecule has 228 valence electrons. The topological polar surface area (TPSA) is 114 Å². The van der Waals surface area contributed by atoms with E-state index in [9.17, 15) is 31.5 Å². The van der Waals surface area contributed by atoms with Gasteiger partial charge in [-0.3, -0.25) is 9.59 Å². The molecule has 0 aromatic carbocycles. The minimum atomic E-state index is -4.43. The molecule has 0 bridgehead atoms. The number of hydrogen-bond donors (Lipinski definition) is 2. The maximum absolute atomic E-state index is 14.0. The second-order valence-electron chi connectivity index (χ2n) is 11.5. The van der Waals surface area contributed by atoms with Crippen LogP contribution in [-0.2, 0) is 4.79 Å². The van der Waals surface area contributed by atoms with E-state index in [-0.39, 0.29) is 43.1 Å². The third kappa shape index (κ3) is 6.73. The van der Waals surface area contributed by atoms with Gasteiger partial charge in [-0.25, -0.2) is 18.3 Å². The number of aromatic nitrogens is 4. The Hall–Kier alpha value is -3.58. The number of imidazole rings is 1. The highest BCUT2D eigenvalue weighted by Gasteiger charge is 2.40. The average molecular weight is 597 g/mol. The molecule has 2 aliphatic carbocycles. The van der Waals surface area contributed by atoms with Gasteiger partial charge in [-0.1, -0.05) is 11.6 Å². The van der Waals surface area contributed by atoms with Crippen LogP contribution in [0.2, 0.25) is 0 Å². The highest BCUT2D eigenvalue weighted by molar-refractivity contribution is 5.96. The van der Waals surface area contributed by atoms with Gasteiger partial charge < -0.3 is 15.2 Å². The van der Waals surface area contributed by atoms with Crippen LogP contribution in [0.15, 0.2) is 23.0 Å². The Morgan fingerprint density at radius 3 is 2.38 bits per heavy atom. The van der Waals surface area contributed by atoms with Crippen molar-refractivity contribution in [1.29, 1.82) is 0 Å². The van der Waals surface area contributed by atoms with Crippen molar-refractivity contribution in [2.45, 2.75) is 95.8 Å². The van der Waals surface area contributed by atoms with Crippen LogP contribution in [0.3, 0.4) is 0 Å². The van der Waals surface area contributed by atoms with Crippen molar-refractivity contribution in [1.82, 2.24) is 30.4 Å². The Balaban J connectivity index is 1.42. The largest absolute Gasteiger partial charge is 0.389 e. The predicted molar refractivity (Wildman–Crippen MR) is 140 cm³/mol. The van der Waals surface area contributed by atoms with E-state index in [1.807, 2.05) is 0 Å². The number of aryl methyl sites for hydroxylation is 2. The first-order chi connectivity index (χ1) is 19.8. The maximum Gasteiger partial charge on any atom is 0.389 e. The molecule has 2 amide bonds. The van der Waals surface area contributed by atoms with Gasteiger partial charge in [-0.05, 0) is 63.0 Å². The fourth-order valence-electron chi connectivity index (χ4n) is 5.83. The van der Waals surface area contributed by atoms with Gasteiger partial charge in [-0.2, -0.15) is 18.3 Å². The molecule has 2 fully saturated rings. The van der Waals surface area contributed by atoms with E-state index in [1.165, 1.54) is 4.52 Å². The monoisotopic (exact) mass is 596 g/mol. The number of carbonyl (C=O) groups excluding carboxylic acids is 2. The lowest BCUT2D eigenvalue weighted by Gasteiger charge is -2.34. The normalized spacial score (nSPS) is 19.3. The number of alkyl halides is 5. The van der Waals surface area contributed by atoms with E-state index in [2.05, 4.69) is 20.9 Å². The van der Waals surface area contributed by atoms with Crippen LogP contribution < -0.4 is 10.6 Å². The molecular weight excluding hydrogens is 563 g/mol. The standard InChI is InChI=1S/C28H33F5N6O3/c1-15-23(16(2)42-38-15)26(41)37-25(18-6-9-27(29,30)10-7-18)20-14-39-21(35-20)12-19(13-34-39)24(17-4-3-5-17)36-22(40)8-11-28(31,32)33/h12-14,17-18,24-25H,3-11H2,1-2H3,(H,36,40)(H,37,41)/t24?,25-/m0/s1. The summed E-state index contributed by atoms with van der Waals surface area (Å²) in [6, 6.07) is 0.496. The smallest absolute Gasteiger partial charge is 0.361 e. The SMILES string of the molecule is Cc1noc(C)c1C(=O)N[C@H](c1cn2ncc(C(NC(=O)CCC(F)(F)F)C3CCC3)cc2n1)C1CCC(F)(F)CC1. The molecule has 2 atom stereocenters. The summed E-state index contributed by atoms with van der Waals surface area (Å²) in [5, 5.41) is 14.0. The van der Waals surface area contributed by atoms with Crippen LogP contribution in [0.1, 0.15) is 103 Å². The van der Waals surface area contributed by atoms with Gasteiger partial charge in [0.1, 0.15) is 11.3 Å². The van der Waals surface area contributed by atoms with Gasteiger partial charge in [0.05, 0.1) is 42.3 Å². The zero-order chi connectivity index (χ0) is 30.2. The number of nitrogens with zero attached hydrogens (tertiary/aromatic N) is 4. The van der Waals surface area contributed by atoms with Crippen molar-refractivity contribution in [2.24, 2.45) is 11.8 Å². The van der Waals surface area contributed by atoms with E-state index in [4.69, 9.17) is 9.51 Å². The fraction of sp³-hybridized carbons (Fsp3) is 0.607. The molecule has 3 aromatic heterocycles. The summed E-state index contributed by atoms with van der Waals surface area (Å²) in [6.45, 7) is 3.25. The average Bonchev–Trinajstić information content (AvgIpc) is 3.46. The third-order valence-corrected chi connectivity index (χ3v) is 8.39. The van der Waals surface area contributed by atoms with Crippen LogP contribution in [0.25, 0.3) is 5.65 Å². The van der Waals surface area contributed by atoms with Gasteiger partial charge in [0.2, 0.25) is 11.8 Å². The van der Waals surface area contributed by atoms with Gasteiger partial charge >= 0.3 is 6.18 Å². The van der Waals surface area contributed by atoms with Gasteiger partial charge in [0.25, 0.3) is 5.91 Å². The Morgan fingerprint density at radius 1 is 1.10 bits per heavy atom. The Kier molecular flexibility index (Phi) is 8.26. The van der Waals surface area contributed by atoms with Gasteiger partial charge in [0.15, 0.2) is 5.65 Å². The van der Waals surface area contributed by atoms with E-state index in [0.29, 0.717) is 28.4 Å². The number of amides is 2. The molecule has 42 heavy (non-hydrogen) atoms. The summed E-state index contributed by atoms with van der Waals surface area (Å²) < 4.78 is 72.6. The fourth-order valence-corrected chi connectivity index (χ4v) is 5.83. The molecule has 5 rings (SSSR count). The van der Waals surface area contributed by atoms with Crippen molar-refractivity contribution < 1.29 is 36.1 Å². The summed E-state index contributed by atoms with van der Waals surface area (Å²) in [4.78, 5) is 30.4. The summed E-state index contributed by atoms with van der Waals surface area (Å²) in [5.74, 6) is -3.82. The molecule has 2 N–H and O–H groups in total. The molecule has 9 nitrogen and oxygen atoms in total. The number of fused-ring (bicyclic) bond motifs is 1. The Bertz CT molecular complexity index is 1420. The summed E-state index contributed by atoms with van der Waals surface area (Å²) in [6.07, 6.45) is -0.779. The van der Waals surface area contributed by atoms with Crippen molar-refractivity contribution in [3.05, 3.63) is 46.7 Å². The first kappa shape index (κ1) is 29.9. The summed E-state index contributed by atoms with van der Waals surface area (Å²) in [7, 11) is 0. The van der Waals surface area contributed by atoms with Crippen LogP contribution in [0.4, 0.5) is 22.0 Å². The highest BCUT2D eigenvalue weighted by Crippen LogP contribution is 2.42. The number of hydrogen-bond acceptors (Lipinski definition) is 6. The third-order valence-electron chi connectivity index (χ3n) is 8.39. The quantitative estimate of drug-likeness (QED) is 0.296. The molecular formula is C28H33F5N6O3. The Morgan fingerprint density at radius 2 is 1.79 bits per heavy atom. The van der Waals surface area contributed by atoms with Crippen molar-refractivity contribution in [3.8, 4) is 0 Å². The predicted octanol–water partition coefficient (Wildman–Crippen LogP) is 5.93. The molecule has 14 heteroatoms. The molecule has 3 heterocycles. The second kappa shape index (κ2) is 11.6. The molecule has 2 aliphatic rings. The van der Waals surface area contributed by atoms with E-state index < -0.39 is 48.8 Å². The summed E-state index contributed by atoms with van der Waals surface area (Å²) >= 11 is 0. The lowest BCUT2D eigenvalue weighted by Crippen LogP contribution is -2.37. The molecule has 2 saturated carbocycles. The van der Waals surface area contributed by atoms with E-state index in [1.54, 1.807) is 32.3 Å². The maximum atomic E-state index is 14.0. The first-order valence-electron chi connectivity index (χ1n) is 14.1. The molecule has 0 aliphatic heterocycles. The van der Waals surface area contributed by atoms with Crippen molar-refractivity contribution in [2.75, 3.05) is 0 Å². The molecule has 1 unspecified atom stereocenters. The minimum Gasteiger partial charge on any atom is -0.361 e. The van der Waals surface area contributed by atoms with E-state index >= 15 is 0 Å². The zero-order valence-electron chi connectivity index (χ0n) is 23.3. The van der Waals surface area contributed by atoms with Crippen LogP contribution in [0, 0.1) is 25.7 Å². The lowest BCUT2D eigenvalue weighted by molar-refractivity contribution is -0.144. The first-order valence-corrected chi connectivity index (χ1v) is 14.1. The van der Waals surface area contributed by atoms with Crippen molar-refractivity contribution in [3.63, 3.8) is 0 Å². The van der Waals surface area contributed by atoms with Crippen LogP contribution in [0.5, 0.6) is 0 Å². The number of carbonyl (C=O) groups is 2. The van der Waals surface area contributed by atoms with Crippen molar-refractivity contribution >= 4 is 17.5 Å². The van der Waals surface area contributed by atoms with Crippen LogP contribution >= 0.6 is 0 Å². The summed E-state index contributed by atoms with van der Waals surface area (Å²) in [5.41, 5.74) is 2.12. The molecule has 3 aromatic rings. The molecule has 0 saturated heterocycles. The number of rotatable bonds is 9. The number of nitrogens with one attached hydrogen (secondary N) is 2. The lowest BCUT2D eigenvalue weighted by atomic mass is 9.77. The molecule has 0 spiro atoms. The van der Waals surface area contributed by atoms with Gasteiger partial charge in [-0.15, -0.1) is 0 Å². The Labute approximate surface area is 238 Å². The zero-order valence-corrected chi connectivity index (χ0v) is 23.3.